The molecule has 0 aliphatic carbocycles. The molecule has 0 amide bonds. The second-order valence-electron chi connectivity index (χ2n) is 4.23. The smallest absolute Gasteiger partial charge is 0.127 e. The molecule has 1 aliphatic heterocycles. The number of hydrogen-bond donors (Lipinski definition) is 0. The van der Waals surface area contributed by atoms with Crippen molar-refractivity contribution >= 4 is 11.6 Å². The third kappa shape index (κ3) is 1.97. The summed E-state index contributed by atoms with van der Waals surface area (Å²) >= 11 is 0. The lowest BCUT2D eigenvalue weighted by Crippen LogP contribution is -2.06. The Kier molecular flexibility index (Phi) is 2.77. The summed E-state index contributed by atoms with van der Waals surface area (Å²) < 4.78 is 11.0. The van der Waals surface area contributed by atoms with Gasteiger partial charge in [-0.25, -0.2) is 0 Å². The molecule has 0 spiro atoms. The van der Waals surface area contributed by atoms with Gasteiger partial charge in [0.15, 0.2) is 0 Å². The number of ether oxygens (including phenoxy) is 2. The van der Waals surface area contributed by atoms with Gasteiger partial charge in [-0.2, -0.15) is 0 Å². The maximum Gasteiger partial charge on any atom is 0.127 e. The monoisotopic (exact) mass is 238 g/mol. The third-order valence-electron chi connectivity index (χ3n) is 3.07. The number of fused-ring (bicyclic) bond motifs is 1. The van der Waals surface area contributed by atoms with E-state index in [-0.39, 0.29) is 0 Å². The van der Waals surface area contributed by atoms with E-state index in [4.69, 9.17) is 9.47 Å². The molecule has 2 aromatic carbocycles. The molecule has 1 heterocycles. The summed E-state index contributed by atoms with van der Waals surface area (Å²) in [6.45, 7) is 0.614. The van der Waals surface area contributed by atoms with Crippen LogP contribution in [0.15, 0.2) is 48.5 Å². The zero-order chi connectivity index (χ0) is 12.4. The Morgan fingerprint density at radius 3 is 2.67 bits per heavy atom. The SMILES string of the molecule is COc1ccc2c(c1)C=C(c1ccccc1)CO2. The van der Waals surface area contributed by atoms with Gasteiger partial charge >= 0.3 is 0 Å². The first kappa shape index (κ1) is 10.9. The summed E-state index contributed by atoms with van der Waals surface area (Å²) in [7, 11) is 1.67. The molecular formula is C16H14O2. The molecule has 18 heavy (non-hydrogen) atoms. The Morgan fingerprint density at radius 1 is 1.06 bits per heavy atom. The van der Waals surface area contributed by atoms with Gasteiger partial charge in [0.25, 0.3) is 0 Å². The number of benzene rings is 2. The minimum absolute atomic E-state index is 0.614. The molecule has 2 heteroatoms. The molecule has 0 unspecified atom stereocenters. The highest BCUT2D eigenvalue weighted by Crippen LogP contribution is 2.32. The Morgan fingerprint density at radius 2 is 1.89 bits per heavy atom. The quantitative estimate of drug-likeness (QED) is 0.795. The van der Waals surface area contributed by atoms with Crippen molar-refractivity contribution in [3.8, 4) is 11.5 Å². The summed E-state index contributed by atoms with van der Waals surface area (Å²) in [5, 5.41) is 0. The van der Waals surface area contributed by atoms with Crippen molar-refractivity contribution in [3.05, 3.63) is 59.7 Å². The first-order valence-electron chi connectivity index (χ1n) is 5.93. The minimum Gasteiger partial charge on any atom is -0.497 e. The minimum atomic E-state index is 0.614. The number of rotatable bonds is 2. The van der Waals surface area contributed by atoms with Crippen LogP contribution >= 0.6 is 0 Å². The Hall–Kier alpha value is -2.22. The molecule has 0 saturated heterocycles. The fourth-order valence-corrected chi connectivity index (χ4v) is 2.10. The average molecular weight is 238 g/mol. The van der Waals surface area contributed by atoms with E-state index in [0.29, 0.717) is 6.61 Å². The molecule has 0 atom stereocenters. The van der Waals surface area contributed by atoms with Gasteiger partial charge in [0.1, 0.15) is 18.1 Å². The summed E-state index contributed by atoms with van der Waals surface area (Å²) in [5.74, 6) is 1.76. The molecule has 2 nitrogen and oxygen atoms in total. The first-order chi connectivity index (χ1) is 8.86. The van der Waals surface area contributed by atoms with E-state index in [9.17, 15) is 0 Å². The fraction of sp³-hybridized carbons (Fsp3) is 0.125. The molecule has 0 aromatic heterocycles. The molecule has 0 radical (unpaired) electrons. The van der Waals surface area contributed by atoms with Gasteiger partial charge < -0.3 is 9.47 Å². The van der Waals surface area contributed by atoms with E-state index in [2.05, 4.69) is 18.2 Å². The van der Waals surface area contributed by atoms with Crippen molar-refractivity contribution < 1.29 is 9.47 Å². The van der Waals surface area contributed by atoms with Crippen LogP contribution in [0.25, 0.3) is 11.6 Å². The summed E-state index contributed by atoms with van der Waals surface area (Å²) in [5.41, 5.74) is 3.46. The second-order valence-corrected chi connectivity index (χ2v) is 4.23. The predicted octanol–water partition coefficient (Wildman–Crippen LogP) is 3.63. The van der Waals surface area contributed by atoms with Crippen LogP contribution in [-0.4, -0.2) is 13.7 Å². The van der Waals surface area contributed by atoms with Gasteiger partial charge in [0.05, 0.1) is 7.11 Å². The van der Waals surface area contributed by atoms with E-state index < -0.39 is 0 Å². The zero-order valence-electron chi connectivity index (χ0n) is 10.2. The van der Waals surface area contributed by atoms with E-state index >= 15 is 0 Å². The lowest BCUT2D eigenvalue weighted by atomic mass is 10.0. The van der Waals surface area contributed by atoms with Crippen LogP contribution in [0.5, 0.6) is 11.5 Å². The lowest BCUT2D eigenvalue weighted by Gasteiger charge is -2.18. The van der Waals surface area contributed by atoms with Crippen molar-refractivity contribution in [1.29, 1.82) is 0 Å². The Balaban J connectivity index is 2.02. The predicted molar refractivity (Wildman–Crippen MR) is 72.8 cm³/mol. The van der Waals surface area contributed by atoms with Crippen LogP contribution in [0.4, 0.5) is 0 Å². The summed E-state index contributed by atoms with van der Waals surface area (Å²) in [6, 6.07) is 16.2. The van der Waals surface area contributed by atoms with Gasteiger partial charge in [-0.3, -0.25) is 0 Å². The Labute approximate surface area is 106 Å². The van der Waals surface area contributed by atoms with Gasteiger partial charge in [0.2, 0.25) is 0 Å². The van der Waals surface area contributed by atoms with Crippen LogP contribution in [0.2, 0.25) is 0 Å². The van der Waals surface area contributed by atoms with Crippen LogP contribution in [0.3, 0.4) is 0 Å². The van der Waals surface area contributed by atoms with Crippen LogP contribution < -0.4 is 9.47 Å². The molecule has 0 saturated carbocycles. The van der Waals surface area contributed by atoms with E-state index in [1.807, 2.05) is 36.4 Å². The molecule has 0 N–H and O–H groups in total. The Bertz CT molecular complexity index is 585. The van der Waals surface area contributed by atoms with Gasteiger partial charge in [-0.05, 0) is 35.4 Å². The van der Waals surface area contributed by atoms with E-state index in [1.165, 1.54) is 11.1 Å². The van der Waals surface area contributed by atoms with Crippen LogP contribution in [0, 0.1) is 0 Å². The standard InChI is InChI=1S/C16H14O2/c1-17-15-7-8-16-13(10-15)9-14(11-18-16)12-5-3-2-4-6-12/h2-10H,11H2,1H3. The molecular weight excluding hydrogens is 224 g/mol. The van der Waals surface area contributed by atoms with Crippen LogP contribution in [-0.2, 0) is 0 Å². The van der Waals surface area contributed by atoms with Crippen molar-refractivity contribution in [2.24, 2.45) is 0 Å². The van der Waals surface area contributed by atoms with Gasteiger partial charge in [-0.15, -0.1) is 0 Å². The highest BCUT2D eigenvalue weighted by molar-refractivity contribution is 5.85. The molecule has 0 bridgehead atoms. The van der Waals surface area contributed by atoms with Crippen molar-refractivity contribution in [1.82, 2.24) is 0 Å². The number of methoxy groups -OCH3 is 1. The van der Waals surface area contributed by atoms with Crippen LogP contribution in [0.1, 0.15) is 11.1 Å². The topological polar surface area (TPSA) is 18.5 Å². The number of hydrogen-bond acceptors (Lipinski definition) is 2. The maximum absolute atomic E-state index is 5.77. The normalized spacial score (nSPS) is 13.3. The molecule has 0 fully saturated rings. The molecule has 1 aliphatic rings. The molecule has 3 rings (SSSR count). The lowest BCUT2D eigenvalue weighted by molar-refractivity contribution is 0.363. The van der Waals surface area contributed by atoms with E-state index in [0.717, 1.165) is 17.1 Å². The third-order valence-corrected chi connectivity index (χ3v) is 3.07. The zero-order valence-corrected chi connectivity index (χ0v) is 10.2. The average Bonchev–Trinajstić information content (AvgIpc) is 2.47. The van der Waals surface area contributed by atoms with Crippen molar-refractivity contribution in [3.63, 3.8) is 0 Å². The summed E-state index contributed by atoms with van der Waals surface area (Å²) in [4.78, 5) is 0. The summed E-state index contributed by atoms with van der Waals surface area (Å²) in [6.07, 6.45) is 2.16. The van der Waals surface area contributed by atoms with Crippen molar-refractivity contribution in [2.75, 3.05) is 13.7 Å². The second kappa shape index (κ2) is 4.57. The molecule has 90 valence electrons. The fourth-order valence-electron chi connectivity index (χ4n) is 2.10. The highest BCUT2D eigenvalue weighted by atomic mass is 16.5. The largest absolute Gasteiger partial charge is 0.497 e. The first-order valence-corrected chi connectivity index (χ1v) is 5.93. The van der Waals surface area contributed by atoms with E-state index in [1.54, 1.807) is 7.11 Å². The van der Waals surface area contributed by atoms with Crippen molar-refractivity contribution in [2.45, 2.75) is 0 Å². The maximum atomic E-state index is 5.77. The molecule has 2 aromatic rings. The van der Waals surface area contributed by atoms with Gasteiger partial charge in [-0.1, -0.05) is 30.3 Å². The highest BCUT2D eigenvalue weighted by Gasteiger charge is 2.13. The van der Waals surface area contributed by atoms with Gasteiger partial charge in [0, 0.05) is 5.56 Å².